The van der Waals surface area contributed by atoms with Crippen molar-refractivity contribution in [2.75, 3.05) is 5.73 Å². The van der Waals surface area contributed by atoms with E-state index in [-0.39, 0.29) is 10.9 Å². The van der Waals surface area contributed by atoms with Gasteiger partial charge in [0.05, 0.1) is 6.26 Å². The molecule has 4 nitrogen and oxygen atoms in total. The summed E-state index contributed by atoms with van der Waals surface area (Å²) >= 11 is 5.76. The molecule has 2 rings (SSSR count). The molecule has 0 aliphatic heterocycles. The van der Waals surface area contributed by atoms with Crippen LogP contribution in [-0.4, -0.2) is 5.16 Å². The molecule has 0 radical (unpaired) electrons. The van der Waals surface area contributed by atoms with E-state index in [9.17, 15) is 0 Å². The van der Waals surface area contributed by atoms with E-state index in [0.29, 0.717) is 11.5 Å². The van der Waals surface area contributed by atoms with Crippen molar-refractivity contribution in [3.8, 4) is 11.5 Å². The predicted molar refractivity (Wildman–Crippen MR) is 43.6 cm³/mol. The quantitative estimate of drug-likeness (QED) is 0.738. The monoisotopic (exact) mass is 184 g/mol. The lowest BCUT2D eigenvalue weighted by molar-refractivity contribution is 0.436. The van der Waals surface area contributed by atoms with Crippen LogP contribution in [0.4, 0.5) is 5.88 Å². The number of nitrogens with two attached hydrogens (primary N) is 1. The van der Waals surface area contributed by atoms with Crippen molar-refractivity contribution in [3.05, 3.63) is 23.4 Å². The summed E-state index contributed by atoms with van der Waals surface area (Å²) in [5, 5.41) is 3.91. The molecule has 0 amide bonds. The molecule has 12 heavy (non-hydrogen) atoms. The Hall–Kier alpha value is -1.42. The van der Waals surface area contributed by atoms with Crippen molar-refractivity contribution >= 4 is 17.5 Å². The number of anilines is 1. The summed E-state index contributed by atoms with van der Waals surface area (Å²) in [6.45, 7) is 0. The molecular formula is C7H5ClN2O2. The number of hydrogen-bond donors (Lipinski definition) is 1. The van der Waals surface area contributed by atoms with Gasteiger partial charge in [-0.2, -0.15) is 0 Å². The van der Waals surface area contributed by atoms with Crippen molar-refractivity contribution in [1.82, 2.24) is 5.16 Å². The van der Waals surface area contributed by atoms with Crippen molar-refractivity contribution in [3.63, 3.8) is 0 Å². The van der Waals surface area contributed by atoms with Crippen LogP contribution in [0, 0.1) is 0 Å². The van der Waals surface area contributed by atoms with Crippen LogP contribution in [0.2, 0.25) is 5.02 Å². The zero-order valence-corrected chi connectivity index (χ0v) is 6.71. The SMILES string of the molecule is Nc1onc(-c2ccco2)c1Cl. The molecular weight excluding hydrogens is 180 g/mol. The topological polar surface area (TPSA) is 65.2 Å². The van der Waals surface area contributed by atoms with Gasteiger partial charge in [-0.15, -0.1) is 0 Å². The highest BCUT2D eigenvalue weighted by Crippen LogP contribution is 2.31. The van der Waals surface area contributed by atoms with E-state index in [1.807, 2.05) is 0 Å². The van der Waals surface area contributed by atoms with Crippen LogP contribution >= 0.6 is 11.6 Å². The number of nitrogens with zero attached hydrogens (tertiary/aromatic N) is 1. The fraction of sp³-hybridized carbons (Fsp3) is 0. The average molecular weight is 185 g/mol. The van der Waals surface area contributed by atoms with E-state index >= 15 is 0 Å². The van der Waals surface area contributed by atoms with E-state index in [1.165, 1.54) is 6.26 Å². The van der Waals surface area contributed by atoms with Gasteiger partial charge >= 0.3 is 0 Å². The minimum Gasteiger partial charge on any atom is -0.463 e. The zero-order valence-electron chi connectivity index (χ0n) is 5.95. The first-order valence-corrected chi connectivity index (χ1v) is 3.61. The number of aromatic nitrogens is 1. The van der Waals surface area contributed by atoms with Crippen LogP contribution in [0.25, 0.3) is 11.5 Å². The van der Waals surface area contributed by atoms with Crippen molar-refractivity contribution in [2.45, 2.75) is 0 Å². The van der Waals surface area contributed by atoms with Gasteiger partial charge in [0, 0.05) is 0 Å². The molecule has 5 heteroatoms. The minimum atomic E-state index is 0.100. The first-order valence-electron chi connectivity index (χ1n) is 3.23. The highest BCUT2D eigenvalue weighted by atomic mass is 35.5. The molecule has 0 fully saturated rings. The number of nitrogen functional groups attached to an aromatic ring is 1. The maximum Gasteiger partial charge on any atom is 0.241 e. The van der Waals surface area contributed by atoms with Gasteiger partial charge in [0.15, 0.2) is 11.5 Å². The summed E-state index contributed by atoms with van der Waals surface area (Å²) in [7, 11) is 0. The fourth-order valence-electron chi connectivity index (χ4n) is 0.858. The molecule has 0 aliphatic rings. The molecule has 0 bridgehead atoms. The first-order chi connectivity index (χ1) is 5.79. The second kappa shape index (κ2) is 2.57. The Morgan fingerprint density at radius 1 is 1.50 bits per heavy atom. The lowest BCUT2D eigenvalue weighted by Gasteiger charge is -1.86. The first kappa shape index (κ1) is 7.24. The second-order valence-electron chi connectivity index (χ2n) is 2.19. The third-order valence-electron chi connectivity index (χ3n) is 1.41. The summed E-state index contributed by atoms with van der Waals surface area (Å²) in [6.07, 6.45) is 1.52. The van der Waals surface area contributed by atoms with E-state index < -0.39 is 0 Å². The smallest absolute Gasteiger partial charge is 0.241 e. The van der Waals surface area contributed by atoms with Gasteiger partial charge in [0.25, 0.3) is 0 Å². The van der Waals surface area contributed by atoms with E-state index in [2.05, 4.69) is 9.68 Å². The summed E-state index contributed by atoms with van der Waals surface area (Å²) in [6, 6.07) is 3.46. The zero-order chi connectivity index (χ0) is 8.55. The lowest BCUT2D eigenvalue weighted by Crippen LogP contribution is -1.79. The molecule has 0 unspecified atom stereocenters. The van der Waals surface area contributed by atoms with Gasteiger partial charge < -0.3 is 14.7 Å². The predicted octanol–water partition coefficient (Wildman–Crippen LogP) is 2.17. The summed E-state index contributed by atoms with van der Waals surface area (Å²) in [5.74, 6) is 0.642. The molecule has 0 saturated heterocycles. The van der Waals surface area contributed by atoms with Crippen LogP contribution in [-0.2, 0) is 0 Å². The summed E-state index contributed by atoms with van der Waals surface area (Å²) < 4.78 is 9.71. The molecule has 0 saturated carbocycles. The molecule has 2 N–H and O–H groups in total. The van der Waals surface area contributed by atoms with Crippen LogP contribution in [0.5, 0.6) is 0 Å². The Bertz CT molecular complexity index is 380. The van der Waals surface area contributed by atoms with Crippen molar-refractivity contribution < 1.29 is 8.94 Å². The fourth-order valence-corrected chi connectivity index (χ4v) is 1.02. The van der Waals surface area contributed by atoms with Gasteiger partial charge in [-0.1, -0.05) is 16.8 Å². The summed E-state index contributed by atoms with van der Waals surface area (Å²) in [5.41, 5.74) is 5.77. The summed E-state index contributed by atoms with van der Waals surface area (Å²) in [4.78, 5) is 0. The van der Waals surface area contributed by atoms with E-state index in [4.69, 9.17) is 21.8 Å². The van der Waals surface area contributed by atoms with Crippen molar-refractivity contribution in [2.24, 2.45) is 0 Å². The Morgan fingerprint density at radius 2 is 2.33 bits per heavy atom. The maximum atomic E-state index is 5.76. The standard InChI is InChI=1S/C7H5ClN2O2/c8-5-6(10-12-7(5)9)4-2-1-3-11-4/h1-3H,9H2. The number of halogens is 1. The van der Waals surface area contributed by atoms with E-state index in [1.54, 1.807) is 12.1 Å². The molecule has 62 valence electrons. The van der Waals surface area contributed by atoms with E-state index in [0.717, 1.165) is 0 Å². The molecule has 2 heterocycles. The van der Waals surface area contributed by atoms with Gasteiger partial charge in [0.1, 0.15) is 5.02 Å². The molecule has 0 spiro atoms. The normalized spacial score (nSPS) is 10.4. The van der Waals surface area contributed by atoms with Crippen molar-refractivity contribution in [1.29, 1.82) is 0 Å². The number of rotatable bonds is 1. The molecule has 0 atom stereocenters. The number of hydrogen-bond acceptors (Lipinski definition) is 4. The molecule has 2 aromatic heterocycles. The van der Waals surface area contributed by atoms with Gasteiger partial charge in [-0.25, -0.2) is 0 Å². The van der Waals surface area contributed by atoms with Crippen LogP contribution in [0.15, 0.2) is 27.3 Å². The van der Waals surface area contributed by atoms with Crippen LogP contribution in [0.3, 0.4) is 0 Å². The highest BCUT2D eigenvalue weighted by Gasteiger charge is 2.14. The maximum absolute atomic E-state index is 5.76. The molecule has 0 aromatic carbocycles. The lowest BCUT2D eigenvalue weighted by atomic mass is 10.3. The Kier molecular flexibility index (Phi) is 1.55. The van der Waals surface area contributed by atoms with Gasteiger partial charge in [-0.05, 0) is 12.1 Å². The average Bonchev–Trinajstić information content (AvgIpc) is 2.64. The van der Waals surface area contributed by atoms with Crippen LogP contribution < -0.4 is 5.73 Å². The molecule has 2 aromatic rings. The Morgan fingerprint density at radius 3 is 2.83 bits per heavy atom. The minimum absolute atomic E-state index is 0.100. The Balaban J connectivity index is 2.55. The largest absolute Gasteiger partial charge is 0.463 e. The van der Waals surface area contributed by atoms with Crippen LogP contribution in [0.1, 0.15) is 0 Å². The van der Waals surface area contributed by atoms with Gasteiger partial charge in [0.2, 0.25) is 5.88 Å². The third kappa shape index (κ3) is 0.967. The molecule has 0 aliphatic carbocycles. The Labute approximate surface area is 72.9 Å². The number of furan rings is 1. The van der Waals surface area contributed by atoms with Gasteiger partial charge in [-0.3, -0.25) is 0 Å². The second-order valence-corrected chi connectivity index (χ2v) is 2.56. The third-order valence-corrected chi connectivity index (χ3v) is 1.78. The highest BCUT2D eigenvalue weighted by molar-refractivity contribution is 6.35.